The first-order valence-corrected chi connectivity index (χ1v) is 23.7. The Kier molecular flexibility index (Phi) is 17.6. The predicted octanol–water partition coefficient (Wildman–Crippen LogP) is 9.31. The first-order chi connectivity index (χ1) is 36.2. The Morgan fingerprint density at radius 3 is 1.43 bits per heavy atom. The second kappa shape index (κ2) is 24.2. The van der Waals surface area contributed by atoms with E-state index in [1.807, 2.05) is 30.3 Å². The number of alkyl carbamates (subject to hydrolysis) is 1. The van der Waals surface area contributed by atoms with Gasteiger partial charge in [0.1, 0.15) is 34.4 Å². The van der Waals surface area contributed by atoms with E-state index in [2.05, 4.69) is 41.3 Å². The zero-order chi connectivity index (χ0) is 54.7. The number of carbonyl (C=O) groups excluding carboxylic acids is 5. The first-order valence-electron chi connectivity index (χ1n) is 23.7. The molecule has 7 N–H and O–H groups in total. The molecular formula is C54H52F6N8O8. The number of nitrogens with one attached hydrogen (secondary N) is 5. The number of halogens is 6. The normalized spacial score (nSPS) is 14.8. The van der Waals surface area contributed by atoms with Crippen LogP contribution in [0.3, 0.4) is 0 Å². The van der Waals surface area contributed by atoms with Crippen LogP contribution in [0.2, 0.25) is 0 Å². The van der Waals surface area contributed by atoms with Crippen LogP contribution in [0.25, 0.3) is 0 Å². The van der Waals surface area contributed by atoms with E-state index in [9.17, 15) is 50.3 Å². The number of nitrogens with two attached hydrogens (primary N) is 1. The molecule has 2 aliphatic carbocycles. The fraction of sp³-hybridized carbons (Fsp3) is 0.278. The van der Waals surface area contributed by atoms with Crippen LogP contribution in [-0.4, -0.2) is 60.9 Å². The summed E-state index contributed by atoms with van der Waals surface area (Å²) in [5.41, 5.74) is 8.59. The standard InChI is InChI=1S/C28H27F3N4O5.C26H25F3N4O3/c1-32-26(37)24-14-23(7-8-33-24)40-22-6-5-17-3-4-18(11-19(17)12-22)25(36)35-21-10-16(15-34-27(38)39-2)9-20(13-21)28(29,30)31;1-31-25(35)23-13-22(6-7-32-23)36-21-5-4-16-2-3-17(10-18(16)11-21)24(34)33-20-9-15(14-30)8-19(12-20)26(27,28)29/h5-10,12-14,18H,3-4,11,15H2,1-2H3,(H,32,37)(H,34,38)(H,35,36);4-9,11-13,17H,2-3,10,14,30H2,1H3,(H,31,35)(H,33,34). The SMILES string of the molecule is CNC(=O)c1cc(Oc2ccc3c(c2)CC(C(=O)Nc2cc(CN)cc(C(F)(F)F)c2)CC3)ccn1.CNC(=O)c1cc(Oc2ccc3c(c2)CC(C(=O)Nc2cc(CNC(=O)OC)cc(C(F)(F)F)c2)CC3)ccn1. The number of aryl methyl sites for hydroxylation is 2. The van der Waals surface area contributed by atoms with Crippen LogP contribution >= 0.6 is 0 Å². The number of hydrogen-bond donors (Lipinski definition) is 6. The Hall–Kier alpha value is -8.53. The number of fused-ring (bicyclic) bond motifs is 2. The lowest BCUT2D eigenvalue weighted by Crippen LogP contribution is -2.28. The lowest BCUT2D eigenvalue weighted by molar-refractivity contribution is -0.138. The summed E-state index contributed by atoms with van der Waals surface area (Å²) < 4.78 is 96.4. The molecule has 2 aliphatic rings. The van der Waals surface area contributed by atoms with Gasteiger partial charge >= 0.3 is 18.4 Å². The quantitative estimate of drug-likeness (QED) is 0.0598. The molecule has 22 heteroatoms. The van der Waals surface area contributed by atoms with Crippen LogP contribution in [-0.2, 0) is 65.5 Å². The Morgan fingerprint density at radius 2 is 1.01 bits per heavy atom. The van der Waals surface area contributed by atoms with E-state index in [4.69, 9.17) is 15.2 Å². The van der Waals surface area contributed by atoms with Crippen molar-refractivity contribution < 1.29 is 64.5 Å². The van der Waals surface area contributed by atoms with Gasteiger partial charge in [-0.1, -0.05) is 12.1 Å². The third kappa shape index (κ3) is 14.6. The molecule has 2 heterocycles. The number of methoxy groups -OCH3 is 1. The molecule has 6 aromatic rings. The molecule has 2 aromatic heterocycles. The van der Waals surface area contributed by atoms with Gasteiger partial charge in [-0.25, -0.2) is 4.79 Å². The van der Waals surface area contributed by atoms with Crippen molar-refractivity contribution in [1.29, 1.82) is 0 Å². The minimum atomic E-state index is -4.64. The smallest absolute Gasteiger partial charge is 0.416 e. The highest BCUT2D eigenvalue weighted by atomic mass is 19.4. The van der Waals surface area contributed by atoms with Gasteiger partial charge in [-0.2, -0.15) is 26.3 Å². The first kappa shape index (κ1) is 55.2. The molecule has 8 rings (SSSR count). The predicted molar refractivity (Wildman–Crippen MR) is 267 cm³/mol. The third-order valence-corrected chi connectivity index (χ3v) is 12.4. The topological polar surface area (TPSA) is 225 Å². The maximum Gasteiger partial charge on any atom is 0.416 e. The van der Waals surface area contributed by atoms with Crippen LogP contribution in [0, 0.1) is 11.8 Å². The number of carbonyl (C=O) groups is 5. The molecule has 2 unspecified atom stereocenters. The number of rotatable bonds is 13. The summed E-state index contributed by atoms with van der Waals surface area (Å²) in [5, 5.41) is 12.6. The molecule has 2 atom stereocenters. The van der Waals surface area contributed by atoms with Gasteiger partial charge in [0.25, 0.3) is 11.8 Å². The van der Waals surface area contributed by atoms with Crippen LogP contribution in [0.5, 0.6) is 23.0 Å². The summed E-state index contributed by atoms with van der Waals surface area (Å²) in [7, 11) is 4.16. The monoisotopic (exact) mass is 1050 g/mol. The van der Waals surface area contributed by atoms with Crippen molar-refractivity contribution in [2.45, 2.75) is 64.0 Å². The summed E-state index contributed by atoms with van der Waals surface area (Å²) in [6.07, 6.45) is -3.89. The van der Waals surface area contributed by atoms with E-state index in [-0.39, 0.29) is 64.7 Å². The van der Waals surface area contributed by atoms with E-state index in [1.165, 1.54) is 50.8 Å². The van der Waals surface area contributed by atoms with Crippen molar-refractivity contribution in [2.75, 3.05) is 31.8 Å². The average Bonchev–Trinajstić information content (AvgIpc) is 3.41. The summed E-state index contributed by atoms with van der Waals surface area (Å²) in [5.74, 6) is -0.430. The van der Waals surface area contributed by atoms with Crippen LogP contribution in [0.4, 0.5) is 42.5 Å². The van der Waals surface area contributed by atoms with Crippen LogP contribution in [0.15, 0.2) is 109 Å². The number of pyridine rings is 2. The number of aromatic nitrogens is 2. The maximum absolute atomic E-state index is 13.5. The van der Waals surface area contributed by atoms with Crippen molar-refractivity contribution >= 4 is 41.1 Å². The maximum atomic E-state index is 13.5. The van der Waals surface area contributed by atoms with Crippen molar-refractivity contribution in [3.8, 4) is 23.0 Å². The summed E-state index contributed by atoms with van der Waals surface area (Å²) in [4.78, 5) is 69.1. The van der Waals surface area contributed by atoms with E-state index in [0.717, 1.165) is 53.6 Å². The van der Waals surface area contributed by atoms with Gasteiger partial charge < -0.3 is 46.5 Å². The van der Waals surface area contributed by atoms with E-state index in [1.54, 1.807) is 18.2 Å². The highest BCUT2D eigenvalue weighted by Crippen LogP contribution is 2.37. The third-order valence-electron chi connectivity index (χ3n) is 12.4. The second-order valence-corrected chi connectivity index (χ2v) is 17.7. The molecule has 0 spiro atoms. The van der Waals surface area contributed by atoms with Crippen molar-refractivity contribution in [3.63, 3.8) is 0 Å². The van der Waals surface area contributed by atoms with Crippen LogP contribution in [0.1, 0.15) is 78.3 Å². The largest absolute Gasteiger partial charge is 0.457 e. The highest BCUT2D eigenvalue weighted by molar-refractivity contribution is 5.94. The lowest BCUT2D eigenvalue weighted by atomic mass is 9.83. The number of ether oxygens (including phenoxy) is 3. The van der Waals surface area contributed by atoms with Gasteiger partial charge in [0.2, 0.25) is 11.8 Å². The lowest BCUT2D eigenvalue weighted by Gasteiger charge is -2.25. The van der Waals surface area contributed by atoms with Gasteiger partial charge in [-0.3, -0.25) is 29.1 Å². The molecule has 76 heavy (non-hydrogen) atoms. The Morgan fingerprint density at radius 1 is 0.579 bits per heavy atom. The van der Waals surface area contributed by atoms with E-state index in [0.29, 0.717) is 61.5 Å². The number of anilines is 2. The molecule has 5 amide bonds. The molecular weight excluding hydrogens is 1000 g/mol. The molecule has 0 aliphatic heterocycles. The van der Waals surface area contributed by atoms with Crippen molar-refractivity contribution in [2.24, 2.45) is 17.6 Å². The molecule has 398 valence electrons. The van der Waals surface area contributed by atoms with Crippen LogP contribution < -0.4 is 41.8 Å². The average molecular weight is 1060 g/mol. The fourth-order valence-corrected chi connectivity index (χ4v) is 8.58. The molecule has 0 bridgehead atoms. The number of alkyl halides is 6. The second-order valence-electron chi connectivity index (χ2n) is 17.7. The van der Waals surface area contributed by atoms with Gasteiger partial charge in [0.15, 0.2) is 0 Å². The van der Waals surface area contributed by atoms with Gasteiger partial charge in [0, 0.05) is 74.9 Å². The molecule has 0 saturated carbocycles. The molecule has 0 saturated heterocycles. The van der Waals surface area contributed by atoms with Crippen molar-refractivity contribution in [3.05, 3.63) is 165 Å². The Labute approximate surface area is 432 Å². The molecule has 0 fully saturated rings. The van der Waals surface area contributed by atoms with Gasteiger partial charge in [-0.15, -0.1) is 0 Å². The number of amides is 5. The van der Waals surface area contributed by atoms with E-state index < -0.39 is 47.3 Å². The zero-order valence-corrected chi connectivity index (χ0v) is 41.2. The molecule has 4 aromatic carbocycles. The number of nitrogens with zero attached hydrogens (tertiary/aromatic N) is 2. The number of benzene rings is 4. The van der Waals surface area contributed by atoms with Crippen molar-refractivity contribution in [1.82, 2.24) is 25.9 Å². The zero-order valence-electron chi connectivity index (χ0n) is 41.2. The minimum absolute atomic E-state index is 0.0195. The molecule has 16 nitrogen and oxygen atoms in total. The summed E-state index contributed by atoms with van der Waals surface area (Å²) >= 11 is 0. The Bertz CT molecular complexity index is 3130. The number of hydrogen-bond acceptors (Lipinski definition) is 11. The fourth-order valence-electron chi connectivity index (χ4n) is 8.58. The highest BCUT2D eigenvalue weighted by Gasteiger charge is 2.34. The minimum Gasteiger partial charge on any atom is -0.457 e. The summed E-state index contributed by atoms with van der Waals surface area (Å²) in [6, 6.07) is 23.9. The van der Waals surface area contributed by atoms with Gasteiger partial charge in [-0.05, 0) is 145 Å². The Balaban J connectivity index is 0.000000222. The van der Waals surface area contributed by atoms with E-state index >= 15 is 0 Å². The molecule has 0 radical (unpaired) electrons. The summed E-state index contributed by atoms with van der Waals surface area (Å²) in [6.45, 7) is -0.282. The van der Waals surface area contributed by atoms with Gasteiger partial charge in [0.05, 0.1) is 18.2 Å².